The Morgan fingerprint density at radius 3 is 2.62 bits per heavy atom. The quantitative estimate of drug-likeness (QED) is 0.852. The molecule has 2 rings (SSSR count). The Labute approximate surface area is 100 Å². The van der Waals surface area contributed by atoms with E-state index >= 15 is 0 Å². The van der Waals surface area contributed by atoms with Crippen LogP contribution in [0.3, 0.4) is 0 Å². The lowest BCUT2D eigenvalue weighted by Gasteiger charge is -2.07. The van der Waals surface area contributed by atoms with Crippen molar-refractivity contribution < 1.29 is 13.6 Å². The van der Waals surface area contributed by atoms with Gasteiger partial charge < -0.3 is 5.32 Å². The normalized spacial score (nSPS) is 14.9. The minimum Gasteiger partial charge on any atom is -0.352 e. The lowest BCUT2D eigenvalue weighted by molar-refractivity contribution is 0.0946. The number of rotatable bonds is 3. The number of amides is 1. The molecule has 0 saturated heterocycles. The van der Waals surface area contributed by atoms with Gasteiger partial charge in [0.05, 0.1) is 10.0 Å². The minimum atomic E-state index is -0.721. The summed E-state index contributed by atoms with van der Waals surface area (Å²) in [5.41, 5.74) is -0.263. The first-order valence-corrected chi connectivity index (χ1v) is 5.80. The van der Waals surface area contributed by atoms with E-state index in [1.54, 1.807) is 0 Å². The van der Waals surface area contributed by atoms with Gasteiger partial charge in [0.2, 0.25) is 0 Å². The van der Waals surface area contributed by atoms with Crippen LogP contribution in [0.4, 0.5) is 8.78 Å². The van der Waals surface area contributed by atoms with Crippen LogP contribution in [0.1, 0.15) is 23.2 Å². The second-order valence-electron chi connectivity index (χ2n) is 3.87. The highest BCUT2D eigenvalue weighted by Gasteiger charge is 2.24. The fraction of sp³-hybridized carbons (Fsp3) is 0.364. The van der Waals surface area contributed by atoms with Crippen molar-refractivity contribution in [2.24, 2.45) is 5.92 Å². The molecule has 1 aliphatic carbocycles. The van der Waals surface area contributed by atoms with Crippen molar-refractivity contribution in [2.75, 3.05) is 6.54 Å². The van der Waals surface area contributed by atoms with E-state index in [0.717, 1.165) is 25.0 Å². The van der Waals surface area contributed by atoms with Crippen LogP contribution in [-0.2, 0) is 0 Å². The van der Waals surface area contributed by atoms with Gasteiger partial charge in [0.15, 0.2) is 0 Å². The van der Waals surface area contributed by atoms with Crippen molar-refractivity contribution in [3.05, 3.63) is 33.8 Å². The van der Waals surface area contributed by atoms with Gasteiger partial charge in [-0.25, -0.2) is 8.78 Å². The molecule has 0 heterocycles. The summed E-state index contributed by atoms with van der Waals surface area (Å²) in [5.74, 6) is -1.44. The van der Waals surface area contributed by atoms with Crippen molar-refractivity contribution in [2.45, 2.75) is 12.8 Å². The number of halogens is 3. The van der Waals surface area contributed by atoms with E-state index in [1.807, 2.05) is 0 Å². The van der Waals surface area contributed by atoms with Gasteiger partial charge in [-0.05, 0) is 46.8 Å². The zero-order chi connectivity index (χ0) is 11.7. The van der Waals surface area contributed by atoms with E-state index in [0.29, 0.717) is 12.5 Å². The number of hydrogen-bond acceptors (Lipinski definition) is 1. The molecule has 1 aromatic rings. The molecule has 1 aliphatic rings. The summed E-state index contributed by atoms with van der Waals surface area (Å²) < 4.78 is 26.4. The standard InChI is InChI=1S/C11H10BrF2NO/c12-10-8(14)4-3-7(13)9(10)11(16)15-5-6-1-2-6/h3-4,6H,1-2,5H2,(H,15,16). The van der Waals surface area contributed by atoms with Crippen molar-refractivity contribution in [3.63, 3.8) is 0 Å². The molecule has 1 saturated carbocycles. The molecule has 1 amide bonds. The first-order chi connectivity index (χ1) is 7.59. The largest absolute Gasteiger partial charge is 0.352 e. The van der Waals surface area contributed by atoms with Crippen LogP contribution in [0, 0.1) is 17.6 Å². The van der Waals surface area contributed by atoms with Crippen LogP contribution >= 0.6 is 15.9 Å². The predicted molar refractivity (Wildman–Crippen MR) is 59.1 cm³/mol. The maximum atomic E-state index is 13.4. The van der Waals surface area contributed by atoms with E-state index in [1.165, 1.54) is 0 Å². The molecular weight excluding hydrogens is 280 g/mol. The van der Waals surface area contributed by atoms with Gasteiger partial charge in [-0.15, -0.1) is 0 Å². The molecule has 16 heavy (non-hydrogen) atoms. The lowest BCUT2D eigenvalue weighted by atomic mass is 10.2. The average Bonchev–Trinajstić information content (AvgIpc) is 3.05. The molecule has 86 valence electrons. The van der Waals surface area contributed by atoms with Crippen molar-refractivity contribution in [3.8, 4) is 0 Å². The van der Waals surface area contributed by atoms with Gasteiger partial charge in [-0.2, -0.15) is 0 Å². The predicted octanol–water partition coefficient (Wildman–Crippen LogP) is 2.87. The number of carbonyl (C=O) groups is 1. The highest BCUT2D eigenvalue weighted by Crippen LogP contribution is 2.28. The summed E-state index contributed by atoms with van der Waals surface area (Å²) in [6.07, 6.45) is 2.18. The maximum absolute atomic E-state index is 13.4. The second-order valence-corrected chi connectivity index (χ2v) is 4.66. The Balaban J connectivity index is 2.17. The number of benzene rings is 1. The Bertz CT molecular complexity index is 432. The molecule has 1 aromatic carbocycles. The van der Waals surface area contributed by atoms with E-state index in [9.17, 15) is 13.6 Å². The molecule has 5 heteroatoms. The van der Waals surface area contributed by atoms with Crippen LogP contribution in [0.25, 0.3) is 0 Å². The van der Waals surface area contributed by atoms with Crippen LogP contribution in [-0.4, -0.2) is 12.5 Å². The Hall–Kier alpha value is -0.970. The number of hydrogen-bond donors (Lipinski definition) is 1. The summed E-state index contributed by atoms with van der Waals surface area (Å²) in [4.78, 5) is 11.6. The monoisotopic (exact) mass is 289 g/mol. The molecule has 0 atom stereocenters. The number of carbonyl (C=O) groups excluding carboxylic acids is 1. The summed E-state index contributed by atoms with van der Waals surface area (Å²) in [7, 11) is 0. The third kappa shape index (κ3) is 2.40. The van der Waals surface area contributed by atoms with Crippen molar-refractivity contribution in [1.82, 2.24) is 5.32 Å². The summed E-state index contributed by atoms with van der Waals surface area (Å²) in [5, 5.41) is 2.59. The molecular formula is C11H10BrF2NO. The van der Waals surface area contributed by atoms with Crippen LogP contribution in [0.15, 0.2) is 16.6 Å². The molecule has 0 unspecified atom stereocenters. The third-order valence-corrected chi connectivity index (χ3v) is 3.29. The highest BCUT2D eigenvalue weighted by atomic mass is 79.9. The maximum Gasteiger partial charge on any atom is 0.255 e. The Kier molecular flexibility index (Phi) is 3.23. The minimum absolute atomic E-state index is 0.124. The summed E-state index contributed by atoms with van der Waals surface area (Å²) >= 11 is 2.88. The number of nitrogens with one attached hydrogen (secondary N) is 1. The highest BCUT2D eigenvalue weighted by molar-refractivity contribution is 9.10. The second kappa shape index (κ2) is 4.49. The van der Waals surface area contributed by atoms with Gasteiger partial charge in [0, 0.05) is 6.54 Å². The molecule has 0 radical (unpaired) electrons. The van der Waals surface area contributed by atoms with Gasteiger partial charge in [0.25, 0.3) is 5.91 Å². The fourth-order valence-electron chi connectivity index (χ4n) is 1.38. The van der Waals surface area contributed by atoms with Crippen LogP contribution in [0.2, 0.25) is 0 Å². The first-order valence-electron chi connectivity index (χ1n) is 5.01. The average molecular weight is 290 g/mol. The van der Waals surface area contributed by atoms with Crippen molar-refractivity contribution >= 4 is 21.8 Å². The Morgan fingerprint density at radius 2 is 2.00 bits per heavy atom. The molecule has 0 aliphatic heterocycles. The molecule has 0 spiro atoms. The van der Waals surface area contributed by atoms with E-state index in [2.05, 4.69) is 21.2 Å². The fourth-order valence-corrected chi connectivity index (χ4v) is 1.88. The SMILES string of the molecule is O=C(NCC1CC1)c1c(F)ccc(F)c1Br. The van der Waals surface area contributed by atoms with E-state index in [-0.39, 0.29) is 10.0 Å². The van der Waals surface area contributed by atoms with Crippen LogP contribution < -0.4 is 5.32 Å². The molecule has 2 nitrogen and oxygen atoms in total. The third-order valence-electron chi connectivity index (χ3n) is 2.52. The summed E-state index contributed by atoms with van der Waals surface area (Å²) in [6, 6.07) is 1.93. The molecule has 1 fully saturated rings. The van der Waals surface area contributed by atoms with Gasteiger partial charge in [0.1, 0.15) is 11.6 Å². The van der Waals surface area contributed by atoms with Gasteiger partial charge in [-0.3, -0.25) is 4.79 Å². The molecule has 0 bridgehead atoms. The van der Waals surface area contributed by atoms with E-state index < -0.39 is 17.5 Å². The lowest BCUT2D eigenvalue weighted by Crippen LogP contribution is -2.27. The van der Waals surface area contributed by atoms with E-state index in [4.69, 9.17) is 0 Å². The topological polar surface area (TPSA) is 29.1 Å². The Morgan fingerprint density at radius 1 is 1.38 bits per heavy atom. The van der Waals surface area contributed by atoms with Gasteiger partial charge >= 0.3 is 0 Å². The molecule has 1 N–H and O–H groups in total. The van der Waals surface area contributed by atoms with Gasteiger partial charge in [-0.1, -0.05) is 0 Å². The molecule has 0 aromatic heterocycles. The van der Waals surface area contributed by atoms with Crippen LogP contribution in [0.5, 0.6) is 0 Å². The first kappa shape index (κ1) is 11.5. The summed E-state index contributed by atoms with van der Waals surface area (Å²) in [6.45, 7) is 0.529. The van der Waals surface area contributed by atoms with Crippen molar-refractivity contribution in [1.29, 1.82) is 0 Å². The zero-order valence-electron chi connectivity index (χ0n) is 8.40. The zero-order valence-corrected chi connectivity index (χ0v) is 9.98. The smallest absolute Gasteiger partial charge is 0.255 e.